The van der Waals surface area contributed by atoms with Crippen molar-refractivity contribution in [3.63, 3.8) is 0 Å². The third kappa shape index (κ3) is 3.84. The minimum atomic E-state index is -0.384. The van der Waals surface area contributed by atoms with Gasteiger partial charge in [0.2, 0.25) is 11.8 Å². The number of rotatable bonds is 5. The van der Waals surface area contributed by atoms with Crippen molar-refractivity contribution in [1.29, 1.82) is 0 Å². The van der Waals surface area contributed by atoms with Crippen molar-refractivity contribution in [2.75, 3.05) is 6.54 Å². The Balaban J connectivity index is 2.03. The van der Waals surface area contributed by atoms with Crippen LogP contribution in [0.4, 0.5) is 0 Å². The van der Waals surface area contributed by atoms with E-state index >= 15 is 0 Å². The van der Waals surface area contributed by atoms with Crippen molar-refractivity contribution in [3.8, 4) is 0 Å². The standard InChI is InChI=1S/C16H24N2O2S/c1-4-5-13(17-15(19)11(2)3)16(20)18-8-6-14-12(10-18)7-9-21-14/h7,9,11,13H,4-6,8,10H2,1-3H3,(H,17,19)/t13-/m1/s1. The van der Waals surface area contributed by atoms with Crippen molar-refractivity contribution in [2.45, 2.75) is 52.6 Å². The number of hydrogen-bond acceptors (Lipinski definition) is 3. The van der Waals surface area contributed by atoms with Gasteiger partial charge in [-0.1, -0.05) is 27.2 Å². The zero-order chi connectivity index (χ0) is 15.4. The van der Waals surface area contributed by atoms with Gasteiger partial charge >= 0.3 is 0 Å². The topological polar surface area (TPSA) is 49.4 Å². The van der Waals surface area contributed by atoms with Crippen molar-refractivity contribution in [3.05, 3.63) is 21.9 Å². The van der Waals surface area contributed by atoms with Gasteiger partial charge in [0, 0.05) is 23.9 Å². The zero-order valence-electron chi connectivity index (χ0n) is 13.0. The fraction of sp³-hybridized carbons (Fsp3) is 0.625. The van der Waals surface area contributed by atoms with Gasteiger partial charge in [-0.2, -0.15) is 0 Å². The predicted octanol–water partition coefficient (Wildman–Crippen LogP) is 2.57. The fourth-order valence-corrected chi connectivity index (χ4v) is 3.43. The second-order valence-electron chi connectivity index (χ2n) is 5.88. The maximum Gasteiger partial charge on any atom is 0.245 e. The maximum absolute atomic E-state index is 12.7. The molecule has 4 nitrogen and oxygen atoms in total. The van der Waals surface area contributed by atoms with E-state index < -0.39 is 0 Å². The normalized spacial score (nSPS) is 15.7. The molecule has 1 aliphatic rings. The summed E-state index contributed by atoms with van der Waals surface area (Å²) in [7, 11) is 0. The van der Waals surface area contributed by atoms with Crippen molar-refractivity contribution in [1.82, 2.24) is 10.2 Å². The number of carbonyl (C=O) groups excluding carboxylic acids is 2. The highest BCUT2D eigenvalue weighted by Crippen LogP contribution is 2.24. The van der Waals surface area contributed by atoms with Crippen LogP contribution in [0.5, 0.6) is 0 Å². The average Bonchev–Trinajstić information content (AvgIpc) is 2.93. The Hall–Kier alpha value is -1.36. The van der Waals surface area contributed by atoms with E-state index in [0.717, 1.165) is 19.4 Å². The molecule has 2 amide bonds. The van der Waals surface area contributed by atoms with Crippen LogP contribution in [-0.4, -0.2) is 29.3 Å². The Morgan fingerprint density at radius 3 is 2.86 bits per heavy atom. The summed E-state index contributed by atoms with van der Waals surface area (Å²) in [6.07, 6.45) is 2.51. The van der Waals surface area contributed by atoms with E-state index in [9.17, 15) is 9.59 Å². The Morgan fingerprint density at radius 1 is 1.43 bits per heavy atom. The fourth-order valence-electron chi connectivity index (χ4n) is 2.54. The van der Waals surface area contributed by atoms with Gasteiger partial charge in [-0.3, -0.25) is 9.59 Å². The van der Waals surface area contributed by atoms with Crippen molar-refractivity contribution < 1.29 is 9.59 Å². The van der Waals surface area contributed by atoms with E-state index in [1.165, 1.54) is 10.4 Å². The summed E-state index contributed by atoms with van der Waals surface area (Å²) in [5, 5.41) is 4.99. The van der Waals surface area contributed by atoms with Gasteiger partial charge in [0.15, 0.2) is 0 Å². The largest absolute Gasteiger partial charge is 0.344 e. The summed E-state index contributed by atoms with van der Waals surface area (Å²) in [5.74, 6) is -0.0836. The molecule has 1 aromatic rings. The Bertz CT molecular complexity index is 510. The van der Waals surface area contributed by atoms with Gasteiger partial charge in [-0.05, 0) is 29.9 Å². The number of fused-ring (bicyclic) bond motifs is 1. The summed E-state index contributed by atoms with van der Waals surface area (Å²) in [6.45, 7) is 7.16. The van der Waals surface area contributed by atoms with Crippen LogP contribution in [0.25, 0.3) is 0 Å². The van der Waals surface area contributed by atoms with E-state index in [0.29, 0.717) is 13.0 Å². The second-order valence-corrected chi connectivity index (χ2v) is 6.88. The molecule has 0 unspecified atom stereocenters. The van der Waals surface area contributed by atoms with E-state index in [2.05, 4.69) is 16.8 Å². The SMILES string of the molecule is CCC[C@@H](NC(=O)C(C)C)C(=O)N1CCc2sccc2C1. The maximum atomic E-state index is 12.7. The Labute approximate surface area is 130 Å². The number of nitrogens with one attached hydrogen (secondary N) is 1. The van der Waals surface area contributed by atoms with Gasteiger partial charge in [-0.25, -0.2) is 0 Å². The molecule has 0 fully saturated rings. The van der Waals surface area contributed by atoms with E-state index in [-0.39, 0.29) is 23.8 Å². The van der Waals surface area contributed by atoms with E-state index in [4.69, 9.17) is 0 Å². The molecule has 5 heteroatoms. The summed E-state index contributed by atoms with van der Waals surface area (Å²) in [6, 6.07) is 1.71. The van der Waals surface area contributed by atoms with Crippen molar-refractivity contribution in [2.24, 2.45) is 5.92 Å². The lowest BCUT2D eigenvalue weighted by Crippen LogP contribution is -2.50. The molecule has 0 radical (unpaired) electrons. The molecule has 21 heavy (non-hydrogen) atoms. The van der Waals surface area contributed by atoms with Crippen LogP contribution in [-0.2, 0) is 22.6 Å². The smallest absolute Gasteiger partial charge is 0.245 e. The molecule has 0 spiro atoms. The van der Waals surface area contributed by atoms with Crippen LogP contribution in [0.15, 0.2) is 11.4 Å². The van der Waals surface area contributed by atoms with Gasteiger partial charge in [0.1, 0.15) is 6.04 Å². The molecule has 1 N–H and O–H groups in total. The van der Waals surface area contributed by atoms with Crippen LogP contribution in [0.2, 0.25) is 0 Å². The first-order valence-electron chi connectivity index (χ1n) is 7.67. The number of thiophene rings is 1. The number of hydrogen-bond donors (Lipinski definition) is 1. The molecule has 0 aromatic carbocycles. The molecule has 0 aliphatic carbocycles. The van der Waals surface area contributed by atoms with Gasteiger partial charge in [0.05, 0.1) is 0 Å². The van der Waals surface area contributed by atoms with Crippen molar-refractivity contribution >= 4 is 23.2 Å². The van der Waals surface area contributed by atoms with Gasteiger partial charge in [0.25, 0.3) is 0 Å². The molecule has 0 bridgehead atoms. The molecular weight excluding hydrogens is 284 g/mol. The highest BCUT2D eigenvalue weighted by molar-refractivity contribution is 7.10. The molecule has 116 valence electrons. The van der Waals surface area contributed by atoms with Crippen LogP contribution in [0, 0.1) is 5.92 Å². The van der Waals surface area contributed by atoms with E-state index in [1.54, 1.807) is 11.3 Å². The lowest BCUT2D eigenvalue weighted by Gasteiger charge is -2.31. The first kappa shape index (κ1) is 16.0. The lowest BCUT2D eigenvalue weighted by atomic mass is 10.1. The molecule has 1 aliphatic heterocycles. The second kappa shape index (κ2) is 7.07. The van der Waals surface area contributed by atoms with E-state index in [1.807, 2.05) is 25.7 Å². The lowest BCUT2D eigenvalue weighted by molar-refractivity contribution is -0.138. The minimum Gasteiger partial charge on any atom is -0.344 e. The molecule has 0 saturated heterocycles. The molecule has 0 saturated carbocycles. The number of carbonyl (C=O) groups is 2. The van der Waals surface area contributed by atoms with Gasteiger partial charge in [-0.15, -0.1) is 11.3 Å². The third-order valence-electron chi connectivity index (χ3n) is 3.84. The summed E-state index contributed by atoms with van der Waals surface area (Å²) >= 11 is 1.76. The minimum absolute atomic E-state index is 0.0463. The molecular formula is C16H24N2O2S. The van der Waals surface area contributed by atoms with Crippen LogP contribution in [0.3, 0.4) is 0 Å². The Morgan fingerprint density at radius 2 is 2.19 bits per heavy atom. The highest BCUT2D eigenvalue weighted by atomic mass is 32.1. The molecule has 2 rings (SSSR count). The highest BCUT2D eigenvalue weighted by Gasteiger charge is 2.28. The average molecular weight is 308 g/mol. The van der Waals surface area contributed by atoms with Gasteiger partial charge < -0.3 is 10.2 Å². The predicted molar refractivity (Wildman–Crippen MR) is 85.1 cm³/mol. The molecule has 1 aromatic heterocycles. The summed E-state index contributed by atoms with van der Waals surface area (Å²) in [5.41, 5.74) is 1.25. The summed E-state index contributed by atoms with van der Waals surface area (Å²) in [4.78, 5) is 27.9. The number of nitrogens with zero attached hydrogens (tertiary/aromatic N) is 1. The molecule has 1 atom stereocenters. The Kier molecular flexibility index (Phi) is 5.39. The number of amides is 2. The zero-order valence-corrected chi connectivity index (χ0v) is 13.8. The molecule has 2 heterocycles. The summed E-state index contributed by atoms with van der Waals surface area (Å²) < 4.78 is 0. The first-order valence-corrected chi connectivity index (χ1v) is 8.55. The third-order valence-corrected chi connectivity index (χ3v) is 4.86. The monoisotopic (exact) mass is 308 g/mol. The first-order chi connectivity index (χ1) is 10.0. The van der Waals surface area contributed by atoms with Crippen LogP contribution in [0.1, 0.15) is 44.1 Å². The quantitative estimate of drug-likeness (QED) is 0.909. The van der Waals surface area contributed by atoms with Crippen LogP contribution >= 0.6 is 11.3 Å². The van der Waals surface area contributed by atoms with Crippen LogP contribution < -0.4 is 5.32 Å².